The maximum atomic E-state index is 12.9. The summed E-state index contributed by atoms with van der Waals surface area (Å²) in [6, 6.07) is 0. The van der Waals surface area contributed by atoms with Crippen LogP contribution in [0.25, 0.3) is 0 Å². The van der Waals surface area contributed by atoms with Gasteiger partial charge >= 0.3 is 21.3 Å². The standard InChI is InChI=1S/C12H18F2O8S/c1-8(6-20-7-12(13,14)23(17,18)19)10(15)22-9-3-4-21-11(2,16)5-9/h9,16H,1,3-7H2,2H3,(H,17,18,19). The Morgan fingerprint density at radius 1 is 1.52 bits per heavy atom. The minimum Gasteiger partial charge on any atom is -0.459 e. The fourth-order valence-electron chi connectivity index (χ4n) is 1.76. The zero-order valence-corrected chi connectivity index (χ0v) is 13.1. The molecule has 0 radical (unpaired) electrons. The van der Waals surface area contributed by atoms with Crippen LogP contribution in [-0.2, 0) is 29.1 Å². The molecule has 8 nitrogen and oxygen atoms in total. The van der Waals surface area contributed by atoms with Gasteiger partial charge in [-0.3, -0.25) is 4.55 Å². The summed E-state index contributed by atoms with van der Waals surface area (Å²) in [6.07, 6.45) is -0.257. The van der Waals surface area contributed by atoms with Crippen molar-refractivity contribution < 1.29 is 45.9 Å². The van der Waals surface area contributed by atoms with Crippen LogP contribution in [0.2, 0.25) is 0 Å². The van der Waals surface area contributed by atoms with E-state index in [0.29, 0.717) is 6.42 Å². The molecular weight excluding hydrogens is 342 g/mol. The van der Waals surface area contributed by atoms with Crippen LogP contribution in [0.4, 0.5) is 8.78 Å². The molecule has 1 rings (SSSR count). The van der Waals surface area contributed by atoms with Gasteiger partial charge in [-0.2, -0.15) is 17.2 Å². The lowest BCUT2D eigenvalue weighted by Gasteiger charge is -2.33. The number of carbonyl (C=O) groups is 1. The molecule has 1 aliphatic rings. The molecule has 0 aromatic carbocycles. The Kier molecular flexibility index (Phi) is 6.21. The summed E-state index contributed by atoms with van der Waals surface area (Å²) in [7, 11) is -5.60. The lowest BCUT2D eigenvalue weighted by atomic mass is 10.0. The van der Waals surface area contributed by atoms with Crippen LogP contribution in [0, 0.1) is 0 Å². The highest BCUT2D eigenvalue weighted by Crippen LogP contribution is 2.25. The van der Waals surface area contributed by atoms with Gasteiger partial charge in [0.25, 0.3) is 0 Å². The zero-order valence-electron chi connectivity index (χ0n) is 12.3. The monoisotopic (exact) mass is 360 g/mol. The average Bonchev–Trinajstić information content (AvgIpc) is 2.35. The average molecular weight is 360 g/mol. The Labute approximate surface area is 131 Å². The highest BCUT2D eigenvalue weighted by molar-refractivity contribution is 7.86. The lowest BCUT2D eigenvalue weighted by Crippen LogP contribution is -2.41. The van der Waals surface area contributed by atoms with E-state index in [-0.39, 0.29) is 18.6 Å². The fraction of sp³-hybridized carbons (Fsp3) is 0.750. The van der Waals surface area contributed by atoms with Gasteiger partial charge in [0, 0.05) is 12.8 Å². The molecule has 0 aliphatic carbocycles. The second kappa shape index (κ2) is 7.18. The van der Waals surface area contributed by atoms with Crippen molar-refractivity contribution in [2.45, 2.75) is 36.9 Å². The zero-order chi connectivity index (χ0) is 17.9. The van der Waals surface area contributed by atoms with Gasteiger partial charge in [-0.15, -0.1) is 0 Å². The van der Waals surface area contributed by atoms with Gasteiger partial charge in [0.1, 0.15) is 12.7 Å². The molecule has 0 spiro atoms. The van der Waals surface area contributed by atoms with Crippen molar-refractivity contribution in [1.29, 1.82) is 0 Å². The number of esters is 1. The Morgan fingerprint density at radius 2 is 2.13 bits per heavy atom. The largest absolute Gasteiger partial charge is 0.459 e. The van der Waals surface area contributed by atoms with Crippen LogP contribution >= 0.6 is 0 Å². The van der Waals surface area contributed by atoms with Gasteiger partial charge in [-0.05, 0) is 6.92 Å². The van der Waals surface area contributed by atoms with E-state index in [1.54, 1.807) is 0 Å². The van der Waals surface area contributed by atoms with E-state index in [9.17, 15) is 27.1 Å². The number of ether oxygens (including phenoxy) is 3. The second-order valence-electron chi connectivity index (χ2n) is 5.25. The van der Waals surface area contributed by atoms with E-state index in [2.05, 4.69) is 11.3 Å². The molecule has 0 aromatic heterocycles. The SMILES string of the molecule is C=C(COCC(F)(F)S(=O)(=O)O)C(=O)OC1CCOC(C)(O)C1. The Morgan fingerprint density at radius 3 is 2.65 bits per heavy atom. The lowest BCUT2D eigenvalue weighted by molar-refractivity contribution is -0.235. The van der Waals surface area contributed by atoms with Gasteiger partial charge in [0.2, 0.25) is 0 Å². The van der Waals surface area contributed by atoms with Crippen LogP contribution < -0.4 is 0 Å². The first-order chi connectivity index (χ1) is 10.3. The van der Waals surface area contributed by atoms with Crippen LogP contribution in [0.15, 0.2) is 12.2 Å². The quantitative estimate of drug-likeness (QED) is 0.382. The highest BCUT2D eigenvalue weighted by atomic mass is 32.2. The molecular formula is C12H18F2O8S. The summed E-state index contributed by atoms with van der Waals surface area (Å²) in [6.45, 7) is 2.53. The number of halogens is 2. The number of aliphatic hydroxyl groups is 1. The Bertz CT molecular complexity index is 557. The molecule has 2 unspecified atom stereocenters. The van der Waals surface area contributed by atoms with Crippen LogP contribution in [0.3, 0.4) is 0 Å². The first-order valence-corrected chi connectivity index (χ1v) is 7.96. The van der Waals surface area contributed by atoms with Crippen molar-refractivity contribution in [3.05, 3.63) is 12.2 Å². The van der Waals surface area contributed by atoms with Crippen molar-refractivity contribution in [3.8, 4) is 0 Å². The van der Waals surface area contributed by atoms with Gasteiger partial charge < -0.3 is 19.3 Å². The predicted molar refractivity (Wildman–Crippen MR) is 72.1 cm³/mol. The molecule has 23 heavy (non-hydrogen) atoms. The maximum Gasteiger partial charge on any atom is 0.392 e. The van der Waals surface area contributed by atoms with Crippen molar-refractivity contribution in [2.75, 3.05) is 19.8 Å². The normalized spacial score (nSPS) is 25.9. The second-order valence-corrected chi connectivity index (χ2v) is 6.80. The smallest absolute Gasteiger partial charge is 0.392 e. The molecule has 134 valence electrons. The molecule has 0 aromatic rings. The Balaban J connectivity index is 2.42. The summed E-state index contributed by atoms with van der Waals surface area (Å²) in [4.78, 5) is 11.7. The van der Waals surface area contributed by atoms with E-state index >= 15 is 0 Å². The van der Waals surface area contributed by atoms with Crippen LogP contribution in [0.5, 0.6) is 0 Å². The molecule has 1 heterocycles. The minimum atomic E-state index is -5.60. The van der Waals surface area contributed by atoms with Gasteiger partial charge in [0.05, 0.1) is 18.8 Å². The summed E-state index contributed by atoms with van der Waals surface area (Å²) < 4.78 is 69.2. The van der Waals surface area contributed by atoms with E-state index in [1.165, 1.54) is 6.92 Å². The molecule has 1 fully saturated rings. The molecule has 1 aliphatic heterocycles. The maximum absolute atomic E-state index is 12.9. The molecule has 0 saturated carbocycles. The van der Waals surface area contributed by atoms with Crippen LogP contribution in [0.1, 0.15) is 19.8 Å². The van der Waals surface area contributed by atoms with Gasteiger partial charge in [0.15, 0.2) is 5.79 Å². The van der Waals surface area contributed by atoms with Gasteiger partial charge in [-0.1, -0.05) is 6.58 Å². The van der Waals surface area contributed by atoms with Crippen molar-refractivity contribution in [3.63, 3.8) is 0 Å². The molecule has 1 saturated heterocycles. The van der Waals surface area contributed by atoms with E-state index in [4.69, 9.17) is 14.0 Å². The summed E-state index contributed by atoms with van der Waals surface area (Å²) in [5.74, 6) is -2.36. The fourth-order valence-corrected chi connectivity index (χ4v) is 1.99. The number of hydrogen-bond acceptors (Lipinski definition) is 7. The molecule has 0 amide bonds. The Hall–Kier alpha value is -1.14. The van der Waals surface area contributed by atoms with Crippen LogP contribution in [-0.4, -0.2) is 61.0 Å². The number of carbonyl (C=O) groups excluding carboxylic acids is 1. The number of hydrogen-bond donors (Lipinski definition) is 2. The minimum absolute atomic E-state index is 0.0354. The van der Waals surface area contributed by atoms with Crippen molar-refractivity contribution in [2.24, 2.45) is 0 Å². The predicted octanol–water partition coefficient (Wildman–Crippen LogP) is 0.470. The third-order valence-electron chi connectivity index (χ3n) is 2.95. The first-order valence-electron chi connectivity index (χ1n) is 6.52. The van der Waals surface area contributed by atoms with E-state index in [0.717, 1.165) is 0 Å². The summed E-state index contributed by atoms with van der Waals surface area (Å²) in [5, 5.41) is 5.19. The molecule has 2 atom stereocenters. The van der Waals surface area contributed by atoms with Gasteiger partial charge in [-0.25, -0.2) is 4.79 Å². The third-order valence-corrected chi connectivity index (χ3v) is 3.82. The topological polar surface area (TPSA) is 119 Å². The van der Waals surface area contributed by atoms with Crippen molar-refractivity contribution >= 4 is 16.1 Å². The van der Waals surface area contributed by atoms with E-state index < -0.39 is 46.4 Å². The molecule has 0 bridgehead atoms. The molecule has 11 heteroatoms. The number of rotatable bonds is 7. The summed E-state index contributed by atoms with van der Waals surface area (Å²) >= 11 is 0. The highest BCUT2D eigenvalue weighted by Gasteiger charge is 2.44. The number of alkyl halides is 2. The third kappa shape index (κ3) is 6.11. The summed E-state index contributed by atoms with van der Waals surface area (Å²) in [5.41, 5.74) is -0.317. The van der Waals surface area contributed by atoms with Crippen molar-refractivity contribution in [1.82, 2.24) is 0 Å². The molecule has 2 N–H and O–H groups in total. The first kappa shape index (κ1) is 19.9. The van der Waals surface area contributed by atoms with E-state index in [1.807, 2.05) is 0 Å².